The Morgan fingerprint density at radius 2 is 0.583 bits per heavy atom. The molecule has 0 fully saturated rings. The van der Waals surface area contributed by atoms with Crippen molar-refractivity contribution in [2.75, 3.05) is 13.2 Å². The van der Waals surface area contributed by atoms with Crippen molar-refractivity contribution in [3.05, 3.63) is 0 Å². The molecule has 0 aromatic carbocycles. The summed E-state index contributed by atoms with van der Waals surface area (Å²) in [7, 11) is 0. The first kappa shape index (κ1) is 58.4. The Hall–Kier alpha value is -1.59. The molecular weight excluding hydrogens is 745 g/mol. The Balaban J connectivity index is 4.33. The minimum atomic E-state index is -0.763. The number of hydrogen-bond donors (Lipinski definition) is 0. The van der Waals surface area contributed by atoms with Gasteiger partial charge in [-0.15, -0.1) is 0 Å². The van der Waals surface area contributed by atoms with E-state index in [1.165, 1.54) is 173 Å². The molecule has 0 heterocycles. The van der Waals surface area contributed by atoms with Crippen LogP contribution in [-0.4, -0.2) is 37.2 Å². The lowest BCUT2D eigenvalue weighted by Crippen LogP contribution is -2.30. The lowest BCUT2D eigenvalue weighted by atomic mass is 9.99. The van der Waals surface area contributed by atoms with E-state index in [0.29, 0.717) is 19.3 Å². The van der Waals surface area contributed by atoms with Crippen LogP contribution in [0.25, 0.3) is 0 Å². The molecular formula is C54H104O6. The molecule has 0 aliphatic carbocycles. The fourth-order valence-corrected chi connectivity index (χ4v) is 8.08. The molecule has 0 radical (unpaired) electrons. The summed E-state index contributed by atoms with van der Waals surface area (Å²) in [4.78, 5) is 38.0. The highest BCUT2D eigenvalue weighted by Gasteiger charge is 2.19. The van der Waals surface area contributed by atoms with Crippen molar-refractivity contribution in [1.29, 1.82) is 0 Å². The van der Waals surface area contributed by atoms with E-state index in [2.05, 4.69) is 41.5 Å². The summed E-state index contributed by atoms with van der Waals surface area (Å²) in [5.74, 6) is 1.66. The van der Waals surface area contributed by atoms with Crippen LogP contribution in [0.4, 0.5) is 0 Å². The Kier molecular flexibility index (Phi) is 44.2. The van der Waals surface area contributed by atoms with Crippen LogP contribution in [0.1, 0.15) is 292 Å². The third kappa shape index (κ3) is 45.9. The average molecular weight is 849 g/mol. The molecule has 0 spiro atoms. The summed E-state index contributed by atoms with van der Waals surface area (Å²) in [5.41, 5.74) is 0. The third-order valence-electron chi connectivity index (χ3n) is 12.5. The predicted octanol–water partition coefficient (Wildman–Crippen LogP) is 17.2. The lowest BCUT2D eigenvalue weighted by molar-refractivity contribution is -0.167. The SMILES string of the molecule is CCC(C)CCCCCCCCCCC(=O)OC[C@@H](COC(=O)CCCCCCCCCCCCCC(C)C)OC(=O)CCCCCCCCCCCCCCCC(C)C. The van der Waals surface area contributed by atoms with E-state index in [1.54, 1.807) is 0 Å². The van der Waals surface area contributed by atoms with Crippen LogP contribution in [0.3, 0.4) is 0 Å². The van der Waals surface area contributed by atoms with E-state index >= 15 is 0 Å². The number of rotatable bonds is 47. The summed E-state index contributed by atoms with van der Waals surface area (Å²) >= 11 is 0. The summed E-state index contributed by atoms with van der Waals surface area (Å²) in [5, 5.41) is 0. The van der Waals surface area contributed by atoms with Gasteiger partial charge in [0.25, 0.3) is 0 Å². The first-order valence-electron chi connectivity index (χ1n) is 26.6. The van der Waals surface area contributed by atoms with Gasteiger partial charge in [0.2, 0.25) is 0 Å². The van der Waals surface area contributed by atoms with E-state index < -0.39 is 6.10 Å². The standard InChI is InChI=1S/C54H104O6/c1-7-50(6)42-36-30-24-20-21-26-32-38-44-53(56)59-47-51(46-58-52(55)43-37-31-25-18-15-11-13-17-23-29-35-41-49(4)5)60-54(57)45-39-33-27-19-14-10-8-9-12-16-22-28-34-40-48(2)3/h48-51H,7-47H2,1-6H3/t50?,51-/m1/s1. The normalized spacial score (nSPS) is 12.6. The number of carbonyl (C=O) groups excluding carboxylic acids is 3. The number of hydrogen-bond acceptors (Lipinski definition) is 6. The molecule has 6 heteroatoms. The van der Waals surface area contributed by atoms with E-state index in [0.717, 1.165) is 75.5 Å². The molecule has 0 rings (SSSR count). The topological polar surface area (TPSA) is 78.9 Å². The smallest absolute Gasteiger partial charge is 0.306 e. The highest BCUT2D eigenvalue weighted by atomic mass is 16.6. The fraction of sp³-hybridized carbons (Fsp3) is 0.944. The highest BCUT2D eigenvalue weighted by molar-refractivity contribution is 5.71. The van der Waals surface area contributed by atoms with Crippen molar-refractivity contribution < 1.29 is 28.6 Å². The molecule has 0 N–H and O–H groups in total. The summed E-state index contributed by atoms with van der Waals surface area (Å²) in [6.07, 6.45) is 45.1. The zero-order valence-corrected chi connectivity index (χ0v) is 41.3. The van der Waals surface area contributed by atoms with E-state index in [1.807, 2.05) is 0 Å². The Bertz CT molecular complexity index is 931. The van der Waals surface area contributed by atoms with Crippen molar-refractivity contribution in [1.82, 2.24) is 0 Å². The molecule has 0 aromatic heterocycles. The second kappa shape index (κ2) is 45.4. The van der Waals surface area contributed by atoms with Crippen LogP contribution in [0.15, 0.2) is 0 Å². The van der Waals surface area contributed by atoms with Gasteiger partial charge in [0, 0.05) is 19.3 Å². The number of unbranched alkanes of at least 4 members (excludes halogenated alkanes) is 29. The summed E-state index contributed by atoms with van der Waals surface area (Å²) in [6.45, 7) is 13.7. The zero-order valence-electron chi connectivity index (χ0n) is 41.3. The molecule has 0 aliphatic rings. The minimum Gasteiger partial charge on any atom is -0.462 e. The van der Waals surface area contributed by atoms with Crippen LogP contribution in [0, 0.1) is 17.8 Å². The molecule has 1 unspecified atom stereocenters. The predicted molar refractivity (Wildman–Crippen MR) is 256 cm³/mol. The molecule has 6 nitrogen and oxygen atoms in total. The minimum absolute atomic E-state index is 0.0647. The van der Waals surface area contributed by atoms with Crippen LogP contribution < -0.4 is 0 Å². The monoisotopic (exact) mass is 849 g/mol. The first-order valence-corrected chi connectivity index (χ1v) is 26.6. The molecule has 60 heavy (non-hydrogen) atoms. The van der Waals surface area contributed by atoms with Crippen molar-refractivity contribution in [3.8, 4) is 0 Å². The molecule has 2 atom stereocenters. The number of carbonyl (C=O) groups is 3. The second-order valence-corrected chi connectivity index (χ2v) is 19.7. The van der Waals surface area contributed by atoms with Gasteiger partial charge in [-0.2, -0.15) is 0 Å². The number of ether oxygens (including phenoxy) is 3. The summed E-state index contributed by atoms with van der Waals surface area (Å²) in [6, 6.07) is 0. The van der Waals surface area contributed by atoms with Gasteiger partial charge >= 0.3 is 17.9 Å². The van der Waals surface area contributed by atoms with Crippen LogP contribution >= 0.6 is 0 Å². The first-order chi connectivity index (χ1) is 29.1. The maximum Gasteiger partial charge on any atom is 0.306 e. The van der Waals surface area contributed by atoms with Gasteiger partial charge in [-0.3, -0.25) is 14.4 Å². The van der Waals surface area contributed by atoms with Gasteiger partial charge in [-0.05, 0) is 37.0 Å². The molecule has 0 saturated heterocycles. The van der Waals surface area contributed by atoms with E-state index in [4.69, 9.17) is 14.2 Å². The van der Waals surface area contributed by atoms with Crippen molar-refractivity contribution in [2.45, 2.75) is 298 Å². The highest BCUT2D eigenvalue weighted by Crippen LogP contribution is 2.18. The fourth-order valence-electron chi connectivity index (χ4n) is 8.08. The average Bonchev–Trinajstić information content (AvgIpc) is 3.22. The quantitative estimate of drug-likeness (QED) is 0.0345. The summed E-state index contributed by atoms with van der Waals surface area (Å²) < 4.78 is 16.8. The lowest BCUT2D eigenvalue weighted by Gasteiger charge is -2.18. The van der Waals surface area contributed by atoms with Gasteiger partial charge < -0.3 is 14.2 Å². The van der Waals surface area contributed by atoms with Crippen molar-refractivity contribution >= 4 is 17.9 Å². The van der Waals surface area contributed by atoms with E-state index in [9.17, 15) is 14.4 Å². The van der Waals surface area contributed by atoms with Crippen LogP contribution in [-0.2, 0) is 28.6 Å². The van der Waals surface area contributed by atoms with Crippen LogP contribution in [0.2, 0.25) is 0 Å². The van der Waals surface area contributed by atoms with E-state index in [-0.39, 0.29) is 31.1 Å². The maximum absolute atomic E-state index is 12.8. The molecule has 0 saturated carbocycles. The molecule has 356 valence electrons. The zero-order chi connectivity index (χ0) is 44.2. The molecule has 0 amide bonds. The second-order valence-electron chi connectivity index (χ2n) is 19.7. The Morgan fingerprint density at radius 3 is 0.867 bits per heavy atom. The molecule has 0 bridgehead atoms. The molecule has 0 aliphatic heterocycles. The Morgan fingerprint density at radius 1 is 0.333 bits per heavy atom. The van der Waals surface area contributed by atoms with Gasteiger partial charge in [-0.1, -0.05) is 253 Å². The number of esters is 3. The van der Waals surface area contributed by atoms with Crippen LogP contribution in [0.5, 0.6) is 0 Å². The Labute approximate surface area is 374 Å². The molecule has 0 aromatic rings. The maximum atomic E-state index is 12.8. The van der Waals surface area contributed by atoms with Gasteiger partial charge in [-0.25, -0.2) is 0 Å². The van der Waals surface area contributed by atoms with Crippen molar-refractivity contribution in [3.63, 3.8) is 0 Å². The van der Waals surface area contributed by atoms with Gasteiger partial charge in [0.15, 0.2) is 6.10 Å². The largest absolute Gasteiger partial charge is 0.462 e. The van der Waals surface area contributed by atoms with Gasteiger partial charge in [0.05, 0.1) is 0 Å². The van der Waals surface area contributed by atoms with Gasteiger partial charge in [0.1, 0.15) is 13.2 Å². The van der Waals surface area contributed by atoms with Crippen molar-refractivity contribution in [2.24, 2.45) is 17.8 Å². The third-order valence-corrected chi connectivity index (χ3v) is 12.5.